The maximum atomic E-state index is 12.0. The van der Waals surface area contributed by atoms with E-state index in [-0.39, 0.29) is 22.6 Å². The first kappa shape index (κ1) is 19.7. The molecule has 0 saturated carbocycles. The molecule has 0 aromatic heterocycles. The largest absolute Gasteiger partial charge is 0.377 e. The second-order valence-electron chi connectivity index (χ2n) is 7.22. The highest BCUT2D eigenvalue weighted by Gasteiger charge is 2.28. The molecule has 1 N–H and O–H groups in total. The second kappa shape index (κ2) is 8.14. The number of nitro groups is 1. The Hall–Kier alpha value is -1.67. The van der Waals surface area contributed by atoms with Gasteiger partial charge in [-0.3, -0.25) is 10.1 Å². The van der Waals surface area contributed by atoms with Gasteiger partial charge in [-0.1, -0.05) is 6.07 Å². The first-order chi connectivity index (χ1) is 11.7. The average molecular weight is 414 g/mol. The molecule has 0 spiro atoms. The van der Waals surface area contributed by atoms with Crippen molar-refractivity contribution in [2.24, 2.45) is 5.41 Å². The third kappa shape index (κ3) is 5.40. The van der Waals surface area contributed by atoms with E-state index in [4.69, 9.17) is 4.84 Å². The summed E-state index contributed by atoms with van der Waals surface area (Å²) in [5.74, 6) is -0.249. The van der Waals surface area contributed by atoms with Gasteiger partial charge in [0.1, 0.15) is 5.69 Å². The third-order valence-electron chi connectivity index (χ3n) is 4.04. The van der Waals surface area contributed by atoms with E-state index >= 15 is 0 Å². The molecule has 138 valence electrons. The molecule has 1 aliphatic heterocycles. The van der Waals surface area contributed by atoms with Crippen LogP contribution in [0.1, 0.15) is 40.0 Å². The van der Waals surface area contributed by atoms with Gasteiger partial charge in [0.15, 0.2) is 0 Å². The summed E-state index contributed by atoms with van der Waals surface area (Å²) >= 11 is 3.24. The Labute approximate surface area is 155 Å². The van der Waals surface area contributed by atoms with Crippen LogP contribution < -0.4 is 5.32 Å². The van der Waals surface area contributed by atoms with Gasteiger partial charge in [-0.05, 0) is 68.1 Å². The van der Waals surface area contributed by atoms with Crippen molar-refractivity contribution < 1.29 is 14.6 Å². The molecule has 1 saturated heterocycles. The molecule has 8 heteroatoms. The van der Waals surface area contributed by atoms with Crippen LogP contribution in [0.3, 0.4) is 0 Å². The molecule has 1 aromatic carbocycles. The van der Waals surface area contributed by atoms with Gasteiger partial charge in [0.05, 0.1) is 14.8 Å². The Morgan fingerprint density at radius 2 is 2.08 bits per heavy atom. The normalized spacial score (nSPS) is 19.1. The lowest BCUT2D eigenvalue weighted by molar-refractivity contribution is -0.384. The van der Waals surface area contributed by atoms with E-state index in [1.807, 2.05) is 20.8 Å². The van der Waals surface area contributed by atoms with Gasteiger partial charge in [-0.25, -0.2) is 4.79 Å². The number of nitrogens with one attached hydrogen (secondary N) is 1. The van der Waals surface area contributed by atoms with E-state index in [9.17, 15) is 14.9 Å². The van der Waals surface area contributed by atoms with Gasteiger partial charge in [0.2, 0.25) is 0 Å². The Morgan fingerprint density at radius 3 is 2.72 bits per heavy atom. The van der Waals surface area contributed by atoms with Gasteiger partial charge >= 0.3 is 11.7 Å². The van der Waals surface area contributed by atoms with Crippen LogP contribution in [0.2, 0.25) is 0 Å². The molecular formula is C17H24BrN3O4. The number of halogens is 1. The van der Waals surface area contributed by atoms with Crippen molar-refractivity contribution in [3.8, 4) is 0 Å². The summed E-state index contributed by atoms with van der Waals surface area (Å²) in [6.07, 6.45) is 2.44. The fraction of sp³-hybridized carbons (Fsp3) is 0.588. The van der Waals surface area contributed by atoms with E-state index in [1.54, 1.807) is 23.3 Å². The summed E-state index contributed by atoms with van der Waals surface area (Å²) in [5, 5.41) is 16.3. The zero-order valence-corrected chi connectivity index (χ0v) is 16.3. The number of benzene rings is 1. The van der Waals surface area contributed by atoms with Gasteiger partial charge in [0.25, 0.3) is 0 Å². The molecule has 1 aromatic rings. The predicted octanol–water partition coefficient (Wildman–Crippen LogP) is 4.13. The number of nitro benzene ring substituents is 1. The van der Waals surface area contributed by atoms with Crippen molar-refractivity contribution in [2.45, 2.75) is 46.1 Å². The molecule has 2 rings (SSSR count). The van der Waals surface area contributed by atoms with Crippen LogP contribution in [-0.2, 0) is 9.63 Å². The number of hydroxylamine groups is 2. The first-order valence-corrected chi connectivity index (χ1v) is 9.14. The highest BCUT2D eigenvalue weighted by molar-refractivity contribution is 9.10. The summed E-state index contributed by atoms with van der Waals surface area (Å²) in [6, 6.07) is 5.23. The third-order valence-corrected chi connectivity index (χ3v) is 4.68. The lowest BCUT2D eigenvalue weighted by Gasteiger charge is -2.24. The fourth-order valence-electron chi connectivity index (χ4n) is 2.60. The number of carbonyl (C=O) groups is 1. The quantitative estimate of drug-likeness (QED) is 0.589. The summed E-state index contributed by atoms with van der Waals surface area (Å²) in [7, 11) is 0. The maximum absolute atomic E-state index is 12.0. The Balaban J connectivity index is 1.99. The lowest BCUT2D eigenvalue weighted by atomic mass is 9.98. The molecule has 1 fully saturated rings. The Bertz CT molecular complexity index is 645. The SMILES string of the molecule is CC(C)(C)C(=O)ON1CCCC(Nc2cccc(Br)c2[N+](=O)[O-])CC1. The molecule has 1 aliphatic rings. The topological polar surface area (TPSA) is 84.7 Å². The predicted molar refractivity (Wildman–Crippen MR) is 99.2 cm³/mol. The van der Waals surface area contributed by atoms with Crippen LogP contribution in [-0.4, -0.2) is 35.1 Å². The summed E-state index contributed by atoms with van der Waals surface area (Å²) in [4.78, 5) is 28.4. The zero-order valence-electron chi connectivity index (χ0n) is 14.8. The average Bonchev–Trinajstić information content (AvgIpc) is 2.71. The van der Waals surface area contributed by atoms with E-state index in [1.165, 1.54) is 0 Å². The summed E-state index contributed by atoms with van der Waals surface area (Å²) in [6.45, 7) is 6.74. The monoisotopic (exact) mass is 413 g/mol. The minimum Gasteiger partial charge on any atom is -0.377 e. The number of rotatable bonds is 4. The highest BCUT2D eigenvalue weighted by Crippen LogP contribution is 2.33. The Morgan fingerprint density at radius 1 is 1.36 bits per heavy atom. The van der Waals surface area contributed by atoms with E-state index < -0.39 is 5.41 Å². The van der Waals surface area contributed by atoms with Crippen LogP contribution >= 0.6 is 15.9 Å². The smallest absolute Gasteiger partial charge is 0.330 e. The molecule has 0 amide bonds. The molecule has 1 unspecified atom stereocenters. The van der Waals surface area contributed by atoms with Gasteiger partial charge < -0.3 is 10.2 Å². The molecule has 1 atom stereocenters. The maximum Gasteiger partial charge on any atom is 0.330 e. The number of carbonyl (C=O) groups excluding carboxylic acids is 1. The van der Waals surface area contributed by atoms with Crippen molar-refractivity contribution in [3.63, 3.8) is 0 Å². The van der Waals surface area contributed by atoms with Crippen LogP contribution in [0, 0.1) is 15.5 Å². The Kier molecular flexibility index (Phi) is 6.40. The van der Waals surface area contributed by atoms with Crippen molar-refractivity contribution in [2.75, 3.05) is 18.4 Å². The van der Waals surface area contributed by atoms with Crippen molar-refractivity contribution >= 4 is 33.3 Å². The van der Waals surface area contributed by atoms with Gasteiger partial charge in [-0.2, -0.15) is 0 Å². The molecule has 7 nitrogen and oxygen atoms in total. The van der Waals surface area contributed by atoms with Crippen molar-refractivity contribution in [1.29, 1.82) is 0 Å². The van der Waals surface area contributed by atoms with Crippen LogP contribution in [0.25, 0.3) is 0 Å². The highest BCUT2D eigenvalue weighted by atomic mass is 79.9. The minimum absolute atomic E-state index is 0.0442. The molecular weight excluding hydrogens is 390 g/mol. The number of nitrogens with zero attached hydrogens (tertiary/aromatic N) is 2. The number of hydrogen-bond acceptors (Lipinski definition) is 6. The first-order valence-electron chi connectivity index (χ1n) is 8.35. The number of anilines is 1. The van der Waals surface area contributed by atoms with E-state index in [2.05, 4.69) is 21.2 Å². The van der Waals surface area contributed by atoms with Gasteiger partial charge in [-0.15, -0.1) is 5.06 Å². The van der Waals surface area contributed by atoms with Crippen molar-refractivity contribution in [1.82, 2.24) is 5.06 Å². The molecule has 25 heavy (non-hydrogen) atoms. The number of hydrogen-bond donors (Lipinski definition) is 1. The summed E-state index contributed by atoms with van der Waals surface area (Å²) in [5.41, 5.74) is 0.00761. The summed E-state index contributed by atoms with van der Waals surface area (Å²) < 4.78 is 0.455. The minimum atomic E-state index is -0.541. The lowest BCUT2D eigenvalue weighted by Crippen LogP contribution is -2.34. The van der Waals surface area contributed by atoms with Gasteiger partial charge in [0, 0.05) is 19.1 Å². The second-order valence-corrected chi connectivity index (χ2v) is 8.08. The molecule has 0 radical (unpaired) electrons. The molecule has 0 aliphatic carbocycles. The zero-order chi connectivity index (χ0) is 18.6. The standard InChI is InChI=1S/C17H24BrN3O4/c1-17(2,3)16(22)25-20-10-5-6-12(9-11-20)19-14-8-4-7-13(18)15(14)21(23)24/h4,7-8,12,19H,5-6,9-11H2,1-3H3. The van der Waals surface area contributed by atoms with Crippen molar-refractivity contribution in [3.05, 3.63) is 32.8 Å². The van der Waals surface area contributed by atoms with Crippen LogP contribution in [0.4, 0.5) is 11.4 Å². The molecule has 1 heterocycles. The van der Waals surface area contributed by atoms with E-state index in [0.717, 1.165) is 19.3 Å². The van der Waals surface area contributed by atoms with Crippen LogP contribution in [0.15, 0.2) is 22.7 Å². The van der Waals surface area contributed by atoms with Crippen LogP contribution in [0.5, 0.6) is 0 Å². The molecule has 0 bridgehead atoms. The fourth-order valence-corrected chi connectivity index (χ4v) is 3.11. The number of para-hydroxylation sites is 1. The van der Waals surface area contributed by atoms with E-state index in [0.29, 0.717) is 23.2 Å².